The van der Waals surface area contributed by atoms with Gasteiger partial charge in [0.25, 0.3) is 0 Å². The van der Waals surface area contributed by atoms with E-state index in [9.17, 15) is 14.4 Å². The number of unbranched alkanes of at least 4 members (excludes halogenated alkanes) is 31. The molecule has 0 spiro atoms. The van der Waals surface area contributed by atoms with Crippen LogP contribution in [0, 0.1) is 0 Å². The zero-order chi connectivity index (χ0) is 52.9. The first kappa shape index (κ1) is 69.6. The predicted molar refractivity (Wildman–Crippen MR) is 316 cm³/mol. The van der Waals surface area contributed by atoms with E-state index in [0.29, 0.717) is 19.3 Å². The highest BCUT2D eigenvalue weighted by atomic mass is 16.6. The molecule has 6 heteroatoms. The lowest BCUT2D eigenvalue weighted by Crippen LogP contribution is -2.30. The largest absolute Gasteiger partial charge is 0.462 e. The van der Waals surface area contributed by atoms with Crippen molar-refractivity contribution in [2.75, 3.05) is 13.2 Å². The third kappa shape index (κ3) is 59.3. The second kappa shape index (κ2) is 61.1. The zero-order valence-corrected chi connectivity index (χ0v) is 48.1. The Balaban J connectivity index is 4.44. The van der Waals surface area contributed by atoms with Gasteiger partial charge in [0.05, 0.1) is 0 Å². The van der Waals surface area contributed by atoms with E-state index in [0.717, 1.165) is 109 Å². The Morgan fingerprint density at radius 2 is 0.534 bits per heavy atom. The molecule has 0 saturated carbocycles. The Hall–Kier alpha value is -3.41. The maximum Gasteiger partial charge on any atom is 0.306 e. The number of rotatable bonds is 56. The van der Waals surface area contributed by atoms with Crippen LogP contribution in [0.15, 0.2) is 85.1 Å². The maximum absolute atomic E-state index is 12.9. The van der Waals surface area contributed by atoms with Gasteiger partial charge in [-0.1, -0.05) is 273 Å². The van der Waals surface area contributed by atoms with Gasteiger partial charge < -0.3 is 14.2 Å². The highest BCUT2D eigenvalue weighted by Gasteiger charge is 2.19. The molecule has 0 aromatic heterocycles. The van der Waals surface area contributed by atoms with E-state index in [-0.39, 0.29) is 31.1 Å². The van der Waals surface area contributed by atoms with E-state index < -0.39 is 6.10 Å². The molecule has 6 nitrogen and oxygen atoms in total. The fourth-order valence-electron chi connectivity index (χ4n) is 8.74. The highest BCUT2D eigenvalue weighted by Crippen LogP contribution is 2.16. The summed E-state index contributed by atoms with van der Waals surface area (Å²) in [5.41, 5.74) is 0. The van der Waals surface area contributed by atoms with Crippen molar-refractivity contribution in [3.8, 4) is 0 Å². The van der Waals surface area contributed by atoms with Gasteiger partial charge in [-0.25, -0.2) is 0 Å². The molecule has 1 unspecified atom stereocenters. The van der Waals surface area contributed by atoms with Crippen molar-refractivity contribution in [3.05, 3.63) is 85.1 Å². The van der Waals surface area contributed by atoms with Gasteiger partial charge in [-0.2, -0.15) is 0 Å². The van der Waals surface area contributed by atoms with Crippen molar-refractivity contribution in [1.82, 2.24) is 0 Å². The van der Waals surface area contributed by atoms with Crippen molar-refractivity contribution in [1.29, 1.82) is 0 Å². The summed E-state index contributed by atoms with van der Waals surface area (Å²) in [6.07, 6.45) is 80.0. The number of ether oxygens (including phenoxy) is 3. The van der Waals surface area contributed by atoms with Gasteiger partial charge in [0, 0.05) is 19.3 Å². The first-order valence-corrected chi connectivity index (χ1v) is 31.1. The molecular formula is C67H116O6. The first-order valence-electron chi connectivity index (χ1n) is 31.1. The first-order chi connectivity index (χ1) is 36.0. The second-order valence-corrected chi connectivity index (χ2v) is 20.6. The fraction of sp³-hybridized carbons (Fsp3) is 0.746. The average molecular weight is 1020 g/mol. The van der Waals surface area contributed by atoms with Crippen LogP contribution in [0.25, 0.3) is 0 Å². The molecule has 0 aromatic rings. The van der Waals surface area contributed by atoms with Crippen molar-refractivity contribution < 1.29 is 28.6 Å². The lowest BCUT2D eigenvalue weighted by atomic mass is 10.0. The van der Waals surface area contributed by atoms with Gasteiger partial charge in [0.15, 0.2) is 6.10 Å². The summed E-state index contributed by atoms with van der Waals surface area (Å²) in [5, 5.41) is 0. The number of esters is 3. The number of carbonyl (C=O) groups is 3. The average Bonchev–Trinajstić information content (AvgIpc) is 3.39. The zero-order valence-electron chi connectivity index (χ0n) is 48.1. The molecule has 0 aliphatic carbocycles. The number of hydrogen-bond donors (Lipinski definition) is 0. The lowest BCUT2D eigenvalue weighted by Gasteiger charge is -2.18. The van der Waals surface area contributed by atoms with Crippen LogP contribution in [0.2, 0.25) is 0 Å². The van der Waals surface area contributed by atoms with E-state index in [1.807, 2.05) is 0 Å². The Morgan fingerprint density at radius 1 is 0.288 bits per heavy atom. The normalized spacial score (nSPS) is 12.6. The minimum atomic E-state index is -0.795. The van der Waals surface area contributed by atoms with Crippen molar-refractivity contribution >= 4 is 17.9 Å². The Bertz CT molecular complexity index is 1400. The molecule has 0 aliphatic heterocycles. The molecule has 0 bridgehead atoms. The quantitative estimate of drug-likeness (QED) is 0.0261. The smallest absolute Gasteiger partial charge is 0.306 e. The molecule has 0 radical (unpaired) electrons. The van der Waals surface area contributed by atoms with E-state index in [2.05, 4.69) is 106 Å². The van der Waals surface area contributed by atoms with E-state index in [1.54, 1.807) is 0 Å². The highest BCUT2D eigenvalue weighted by molar-refractivity contribution is 5.71. The van der Waals surface area contributed by atoms with Crippen LogP contribution in [0.1, 0.15) is 303 Å². The Kier molecular flexibility index (Phi) is 58.3. The molecule has 1 atom stereocenters. The van der Waals surface area contributed by atoms with Crippen LogP contribution in [0.5, 0.6) is 0 Å². The summed E-state index contributed by atoms with van der Waals surface area (Å²) in [7, 11) is 0. The van der Waals surface area contributed by atoms with Gasteiger partial charge >= 0.3 is 17.9 Å². The molecule has 0 aliphatic rings. The number of allylic oxidation sites excluding steroid dienone is 14. The van der Waals surface area contributed by atoms with Crippen LogP contribution in [0.3, 0.4) is 0 Å². The fourth-order valence-corrected chi connectivity index (χ4v) is 8.74. The van der Waals surface area contributed by atoms with Crippen LogP contribution in [-0.4, -0.2) is 37.2 Å². The molecule has 0 heterocycles. The van der Waals surface area contributed by atoms with E-state index >= 15 is 0 Å². The second-order valence-electron chi connectivity index (χ2n) is 20.6. The van der Waals surface area contributed by atoms with Crippen LogP contribution < -0.4 is 0 Å². The van der Waals surface area contributed by atoms with Gasteiger partial charge in [0.2, 0.25) is 0 Å². The molecule has 0 fully saturated rings. The van der Waals surface area contributed by atoms with Gasteiger partial charge in [-0.05, 0) is 96.3 Å². The topological polar surface area (TPSA) is 78.9 Å². The molecule has 0 saturated heterocycles. The van der Waals surface area contributed by atoms with Gasteiger partial charge in [0.1, 0.15) is 13.2 Å². The summed E-state index contributed by atoms with van der Waals surface area (Å²) in [6, 6.07) is 0. The third-order valence-corrected chi connectivity index (χ3v) is 13.4. The molecule has 0 rings (SSSR count). The van der Waals surface area contributed by atoms with Crippen molar-refractivity contribution in [3.63, 3.8) is 0 Å². The number of carbonyl (C=O) groups excluding carboxylic acids is 3. The molecule has 0 aromatic carbocycles. The van der Waals surface area contributed by atoms with Gasteiger partial charge in [-0.15, -0.1) is 0 Å². The monoisotopic (exact) mass is 1020 g/mol. The van der Waals surface area contributed by atoms with E-state index in [1.165, 1.54) is 154 Å². The van der Waals surface area contributed by atoms with Crippen LogP contribution in [0.4, 0.5) is 0 Å². The SMILES string of the molecule is CC/C=C\C/C=C\C/C=C\C/C=C\C/C=C\CCCCCC(=O)OCC(COC(=O)CCCCCCCCCCCCCCCCCCCC)OC(=O)CCCCCCCCC/C=C\C/C=C\CCCCCC. The Morgan fingerprint density at radius 3 is 0.863 bits per heavy atom. The Labute approximate surface area is 452 Å². The minimum absolute atomic E-state index is 0.0881. The maximum atomic E-state index is 12.9. The van der Waals surface area contributed by atoms with Crippen LogP contribution >= 0.6 is 0 Å². The predicted octanol–water partition coefficient (Wildman–Crippen LogP) is 21.1. The summed E-state index contributed by atoms with van der Waals surface area (Å²) in [5.74, 6) is -0.917. The van der Waals surface area contributed by atoms with E-state index in [4.69, 9.17) is 14.2 Å². The lowest BCUT2D eigenvalue weighted by molar-refractivity contribution is -0.167. The summed E-state index contributed by atoms with van der Waals surface area (Å²) in [6.45, 7) is 6.51. The molecule has 73 heavy (non-hydrogen) atoms. The van der Waals surface area contributed by atoms with Crippen molar-refractivity contribution in [2.24, 2.45) is 0 Å². The van der Waals surface area contributed by atoms with Crippen molar-refractivity contribution in [2.45, 2.75) is 309 Å². The van der Waals surface area contributed by atoms with Gasteiger partial charge in [-0.3, -0.25) is 14.4 Å². The molecule has 0 N–H and O–H groups in total. The van der Waals surface area contributed by atoms with Crippen LogP contribution in [-0.2, 0) is 28.6 Å². The summed E-state index contributed by atoms with van der Waals surface area (Å²) >= 11 is 0. The summed E-state index contributed by atoms with van der Waals surface area (Å²) < 4.78 is 16.9. The molecule has 0 amide bonds. The molecule has 420 valence electrons. The summed E-state index contributed by atoms with van der Waals surface area (Å²) in [4.78, 5) is 38.3. The third-order valence-electron chi connectivity index (χ3n) is 13.4. The number of hydrogen-bond acceptors (Lipinski definition) is 6. The standard InChI is InChI=1S/C67H116O6/c1-4-7-10-13-16-19-22-25-28-31-34-37-39-42-45-48-51-54-57-60-66(69)72-63-64(73-67(70)61-58-55-52-49-46-43-40-36-33-30-27-24-21-18-15-12-9-6-3)62-71-65(68)59-56-53-50-47-44-41-38-35-32-29-26-23-20-17-14-11-8-5-2/h7,10,16,19,21,24-25,28,30,33-34,37,42,45,64H,4-6,8-9,11-15,17-18,20,22-23,26-27,29,31-32,35-36,38-41,43-44,46-63H2,1-3H3/b10-7-,19-16-,24-21-,28-25-,33-30-,37-34-,45-42-. The minimum Gasteiger partial charge on any atom is -0.462 e. The molecular weight excluding hydrogens is 901 g/mol.